The molecule has 4 atom stereocenters. The zero-order valence-electron chi connectivity index (χ0n) is 16.5. The Labute approximate surface area is 159 Å². The Hall–Kier alpha value is -1.84. The molecule has 1 saturated heterocycles. The first-order chi connectivity index (χ1) is 12.2. The maximum absolute atomic E-state index is 15.6. The van der Waals surface area contributed by atoms with E-state index in [1.165, 1.54) is 19.2 Å². The summed E-state index contributed by atoms with van der Waals surface area (Å²) in [6.45, 7) is 15.0. The van der Waals surface area contributed by atoms with E-state index in [9.17, 15) is 15.2 Å². The van der Waals surface area contributed by atoms with Gasteiger partial charge >= 0.3 is 0 Å². The van der Waals surface area contributed by atoms with Gasteiger partial charge in [-0.05, 0) is 31.1 Å². The van der Waals surface area contributed by atoms with E-state index in [1.54, 1.807) is 0 Å². The Balaban J connectivity index is 2.49. The van der Waals surface area contributed by atoms with Crippen LogP contribution < -0.4 is 0 Å². The van der Waals surface area contributed by atoms with E-state index < -0.39 is 37.2 Å². The molecule has 2 heterocycles. The van der Waals surface area contributed by atoms with Gasteiger partial charge in [-0.15, -0.1) is 0 Å². The molecule has 27 heavy (non-hydrogen) atoms. The number of nitro groups is 1. The van der Waals surface area contributed by atoms with Gasteiger partial charge in [0.15, 0.2) is 20.6 Å². The molecule has 1 aromatic rings. The number of nitrogens with zero attached hydrogens (tertiary/aromatic N) is 2. The average molecular weight is 399 g/mol. The van der Waals surface area contributed by atoms with Crippen LogP contribution in [0.1, 0.15) is 39.4 Å². The zero-order chi connectivity index (χ0) is 20.8. The average Bonchev–Trinajstić information content (AvgIpc) is 2.54. The van der Waals surface area contributed by atoms with Gasteiger partial charge in [-0.3, -0.25) is 15.1 Å². The number of rotatable bonds is 4. The minimum Gasteiger partial charge on any atom is -0.484 e. The molecule has 1 aromatic heterocycles. The third-order valence-corrected chi connectivity index (χ3v) is 9.99. The quantitative estimate of drug-likeness (QED) is 0.467. The summed E-state index contributed by atoms with van der Waals surface area (Å²) in [4.78, 5) is 14.4. The molecule has 0 unspecified atom stereocenters. The first-order valence-corrected chi connectivity index (χ1v) is 11.6. The van der Waals surface area contributed by atoms with Crippen molar-refractivity contribution in [3.8, 4) is 0 Å². The Morgan fingerprint density at radius 1 is 1.48 bits per heavy atom. The molecule has 7 nitrogen and oxygen atoms in total. The van der Waals surface area contributed by atoms with Crippen molar-refractivity contribution in [2.75, 3.05) is 0 Å². The van der Waals surface area contributed by atoms with E-state index >= 15 is 4.39 Å². The Morgan fingerprint density at radius 2 is 2.07 bits per heavy atom. The predicted molar refractivity (Wildman–Crippen MR) is 101 cm³/mol. The summed E-state index contributed by atoms with van der Waals surface area (Å²) < 4.78 is 27.2. The highest BCUT2D eigenvalue weighted by Crippen LogP contribution is 2.47. The molecule has 150 valence electrons. The highest BCUT2D eigenvalue weighted by atomic mass is 28.4. The smallest absolute Gasteiger partial charge is 0.294 e. The number of hydrogen-bond acceptors (Lipinski definition) is 6. The number of ether oxygens (including phenoxy) is 1. The number of pyridine rings is 1. The Morgan fingerprint density at radius 3 is 2.59 bits per heavy atom. The van der Waals surface area contributed by atoms with Gasteiger partial charge in [0.05, 0.1) is 10.5 Å². The lowest BCUT2D eigenvalue weighted by molar-refractivity contribution is -0.386. The molecule has 0 spiro atoms. The summed E-state index contributed by atoms with van der Waals surface area (Å²) in [6.07, 6.45) is -2.04. The minimum absolute atomic E-state index is 0.0305. The van der Waals surface area contributed by atoms with Crippen LogP contribution >= 0.6 is 0 Å². The van der Waals surface area contributed by atoms with Crippen molar-refractivity contribution in [3.05, 3.63) is 46.5 Å². The minimum atomic E-state index is -2.46. The summed E-state index contributed by atoms with van der Waals surface area (Å²) in [7, 11) is -2.46. The largest absolute Gasteiger partial charge is 0.484 e. The molecular weight excluding hydrogens is 371 g/mol. The molecule has 1 N–H and O–H groups in total. The first kappa shape index (κ1) is 21.5. The number of halogens is 1. The molecule has 1 aliphatic rings. The normalized spacial score (nSPS) is 29.3. The fourth-order valence-electron chi connectivity index (χ4n) is 2.66. The number of aromatic nitrogens is 1. The van der Waals surface area contributed by atoms with Crippen LogP contribution in [0.25, 0.3) is 0 Å². The van der Waals surface area contributed by atoms with Gasteiger partial charge in [0.1, 0.15) is 23.7 Å². The van der Waals surface area contributed by atoms with E-state index in [1.807, 2.05) is 33.9 Å². The molecular formula is C18H27FN2O5Si. The second-order valence-corrected chi connectivity index (χ2v) is 13.3. The van der Waals surface area contributed by atoms with Crippen molar-refractivity contribution >= 4 is 14.0 Å². The molecule has 0 radical (unpaired) electrons. The molecule has 1 fully saturated rings. The van der Waals surface area contributed by atoms with E-state index in [2.05, 4.69) is 11.6 Å². The summed E-state index contributed by atoms with van der Waals surface area (Å²) in [6, 6.07) is 1.34. The van der Waals surface area contributed by atoms with Gasteiger partial charge in [-0.25, -0.2) is 4.39 Å². The van der Waals surface area contributed by atoms with Crippen LogP contribution in [-0.4, -0.2) is 41.2 Å². The van der Waals surface area contributed by atoms with Crippen molar-refractivity contribution in [2.45, 2.75) is 69.8 Å². The lowest BCUT2D eigenvalue weighted by Gasteiger charge is -2.49. The lowest BCUT2D eigenvalue weighted by Crippen LogP contribution is -2.59. The van der Waals surface area contributed by atoms with E-state index in [4.69, 9.17) is 9.16 Å². The topological polar surface area (TPSA) is 94.7 Å². The highest BCUT2D eigenvalue weighted by molar-refractivity contribution is 6.74. The van der Waals surface area contributed by atoms with Crippen LogP contribution in [0.4, 0.5) is 10.1 Å². The van der Waals surface area contributed by atoms with Gasteiger partial charge in [0, 0.05) is 6.20 Å². The highest BCUT2D eigenvalue weighted by Gasteiger charge is 2.55. The van der Waals surface area contributed by atoms with Crippen LogP contribution in [0.5, 0.6) is 0 Å². The zero-order valence-corrected chi connectivity index (χ0v) is 17.5. The van der Waals surface area contributed by atoms with Crippen LogP contribution in [0, 0.1) is 10.1 Å². The van der Waals surface area contributed by atoms with Crippen molar-refractivity contribution in [1.29, 1.82) is 0 Å². The molecule has 9 heteroatoms. The van der Waals surface area contributed by atoms with Crippen molar-refractivity contribution in [3.63, 3.8) is 0 Å². The first-order valence-electron chi connectivity index (χ1n) is 8.68. The SMILES string of the molecule is C=C1O[C@@H](c2ccncc2[N+](=O)[O-])[C@H](F)[C@@H](O[Si](C)(C)C(C)(C)C)[C@]1(C)O. The summed E-state index contributed by atoms with van der Waals surface area (Å²) >= 11 is 0. The molecule has 1 aliphatic heterocycles. The number of alkyl halides is 1. The van der Waals surface area contributed by atoms with Crippen molar-refractivity contribution < 1.29 is 23.6 Å². The molecule has 0 aromatic carbocycles. The van der Waals surface area contributed by atoms with Gasteiger partial charge in [-0.2, -0.15) is 0 Å². The monoisotopic (exact) mass is 398 g/mol. The summed E-state index contributed by atoms with van der Waals surface area (Å²) in [5.41, 5.74) is -2.10. The van der Waals surface area contributed by atoms with Crippen molar-refractivity contribution in [1.82, 2.24) is 4.98 Å². The van der Waals surface area contributed by atoms with E-state index in [0.717, 1.165) is 6.20 Å². The second-order valence-electron chi connectivity index (χ2n) is 8.54. The molecule has 0 aliphatic carbocycles. The maximum Gasteiger partial charge on any atom is 0.294 e. The molecule has 0 bridgehead atoms. The fraction of sp³-hybridized carbons (Fsp3) is 0.611. The van der Waals surface area contributed by atoms with Crippen LogP contribution in [0.2, 0.25) is 18.1 Å². The number of aliphatic hydroxyl groups is 1. The predicted octanol–water partition coefficient (Wildman–Crippen LogP) is 4.05. The molecule has 0 saturated carbocycles. The van der Waals surface area contributed by atoms with E-state index in [-0.39, 0.29) is 22.0 Å². The van der Waals surface area contributed by atoms with Gasteiger partial charge in [-0.1, -0.05) is 27.4 Å². The third kappa shape index (κ3) is 3.90. The number of hydrogen-bond donors (Lipinski definition) is 1. The van der Waals surface area contributed by atoms with E-state index in [0.29, 0.717) is 0 Å². The van der Waals surface area contributed by atoms with Gasteiger partial charge in [0.2, 0.25) is 0 Å². The fourth-order valence-corrected chi connectivity index (χ4v) is 4.01. The molecule has 2 rings (SSSR count). The maximum atomic E-state index is 15.6. The lowest BCUT2D eigenvalue weighted by atomic mass is 9.86. The third-order valence-electron chi connectivity index (χ3n) is 5.53. The van der Waals surface area contributed by atoms with Gasteiger partial charge in [0.25, 0.3) is 5.69 Å². The molecule has 0 amide bonds. The standard InChI is InChI=1S/C18H27FN2O5Si/c1-11-18(5,22)16(26-27(6,7)17(2,3)4)14(19)15(25-11)12-8-9-20-10-13(12)21(23)24/h8-10,14-16,22H,1H2,2-7H3/t14-,15-,16+,18+/m0/s1. The van der Waals surface area contributed by atoms with Gasteiger partial charge < -0.3 is 14.3 Å². The summed E-state index contributed by atoms with van der Waals surface area (Å²) in [5.74, 6) is -0.0868. The van der Waals surface area contributed by atoms with Crippen LogP contribution in [0.15, 0.2) is 30.8 Å². The Bertz CT molecular complexity index is 748. The van der Waals surface area contributed by atoms with Crippen molar-refractivity contribution in [2.24, 2.45) is 0 Å². The summed E-state index contributed by atoms with van der Waals surface area (Å²) in [5, 5.41) is 21.9. The van der Waals surface area contributed by atoms with Crippen LogP contribution in [-0.2, 0) is 9.16 Å². The Kier molecular flexibility index (Phi) is 5.53. The van der Waals surface area contributed by atoms with Crippen LogP contribution in [0.3, 0.4) is 0 Å². The second kappa shape index (κ2) is 6.96.